The molecule has 0 atom stereocenters. The maximum atomic E-state index is 11.2. The number of hydrogen-bond donors (Lipinski definition) is 2. The molecular formula is C13H18N2O2. The van der Waals surface area contributed by atoms with E-state index in [1.807, 2.05) is 24.3 Å². The molecule has 1 saturated carbocycles. The second kappa shape index (κ2) is 5.57. The fourth-order valence-corrected chi connectivity index (χ4v) is 1.54. The van der Waals surface area contributed by atoms with Crippen molar-refractivity contribution in [2.45, 2.75) is 19.8 Å². The van der Waals surface area contributed by atoms with Gasteiger partial charge in [-0.25, -0.2) is 4.79 Å². The molecular weight excluding hydrogens is 216 g/mol. The Balaban J connectivity index is 1.81. The topological polar surface area (TPSA) is 50.4 Å². The van der Waals surface area contributed by atoms with E-state index < -0.39 is 6.09 Å². The van der Waals surface area contributed by atoms with Crippen LogP contribution in [0.3, 0.4) is 0 Å². The number of anilines is 2. The Hall–Kier alpha value is -1.71. The number of amides is 1. The smallest absolute Gasteiger partial charge is 0.411 e. The van der Waals surface area contributed by atoms with Crippen molar-refractivity contribution >= 4 is 17.5 Å². The number of carbonyl (C=O) groups is 1. The van der Waals surface area contributed by atoms with Crippen LogP contribution in [0.1, 0.15) is 19.8 Å². The predicted molar refractivity (Wildman–Crippen MR) is 68.3 cm³/mol. The van der Waals surface area contributed by atoms with E-state index in [1.54, 1.807) is 6.92 Å². The zero-order chi connectivity index (χ0) is 12.1. The highest BCUT2D eigenvalue weighted by Crippen LogP contribution is 2.29. The van der Waals surface area contributed by atoms with Gasteiger partial charge in [-0.05, 0) is 49.9 Å². The Bertz CT molecular complexity index is 372. The first-order valence-corrected chi connectivity index (χ1v) is 6.05. The van der Waals surface area contributed by atoms with Gasteiger partial charge in [-0.2, -0.15) is 0 Å². The van der Waals surface area contributed by atoms with Gasteiger partial charge in [0.1, 0.15) is 0 Å². The van der Waals surface area contributed by atoms with Gasteiger partial charge in [0.15, 0.2) is 0 Å². The highest BCUT2D eigenvalue weighted by Gasteiger charge is 2.20. The molecule has 1 aliphatic carbocycles. The fourth-order valence-electron chi connectivity index (χ4n) is 1.54. The summed E-state index contributed by atoms with van der Waals surface area (Å²) in [5.41, 5.74) is 1.84. The van der Waals surface area contributed by atoms with Gasteiger partial charge in [0.25, 0.3) is 0 Å². The van der Waals surface area contributed by atoms with Crippen LogP contribution in [0.25, 0.3) is 0 Å². The first-order chi connectivity index (χ1) is 8.28. The molecule has 0 aromatic heterocycles. The fraction of sp³-hybridized carbons (Fsp3) is 0.462. The second-order valence-corrected chi connectivity index (χ2v) is 4.25. The molecule has 1 aliphatic rings. The molecule has 0 heterocycles. The van der Waals surface area contributed by atoms with E-state index in [9.17, 15) is 4.79 Å². The standard InChI is InChI=1S/C13H18N2O2/c1-2-17-13(16)15-12-7-5-11(6-8-12)14-9-10-3-4-10/h5-8,10,14H,2-4,9H2,1H3,(H,15,16). The minimum atomic E-state index is -0.411. The summed E-state index contributed by atoms with van der Waals surface area (Å²) in [6, 6.07) is 7.66. The lowest BCUT2D eigenvalue weighted by molar-refractivity contribution is 0.168. The van der Waals surface area contributed by atoms with E-state index in [0.29, 0.717) is 6.61 Å². The third-order valence-electron chi connectivity index (χ3n) is 2.70. The normalized spacial score (nSPS) is 14.2. The molecule has 0 aliphatic heterocycles. The number of benzene rings is 1. The lowest BCUT2D eigenvalue weighted by Gasteiger charge is -2.08. The summed E-state index contributed by atoms with van der Waals surface area (Å²) in [5.74, 6) is 0.854. The zero-order valence-electron chi connectivity index (χ0n) is 10.0. The Morgan fingerprint density at radius 2 is 1.94 bits per heavy atom. The van der Waals surface area contributed by atoms with Crippen molar-refractivity contribution in [3.8, 4) is 0 Å². The minimum Gasteiger partial charge on any atom is -0.450 e. The molecule has 2 N–H and O–H groups in total. The summed E-state index contributed by atoms with van der Waals surface area (Å²) < 4.78 is 4.80. The molecule has 0 spiro atoms. The van der Waals surface area contributed by atoms with Gasteiger partial charge in [-0.1, -0.05) is 0 Å². The monoisotopic (exact) mass is 234 g/mol. The lowest BCUT2D eigenvalue weighted by atomic mass is 10.2. The van der Waals surface area contributed by atoms with Gasteiger partial charge in [0.2, 0.25) is 0 Å². The zero-order valence-corrected chi connectivity index (χ0v) is 10.0. The summed E-state index contributed by atoms with van der Waals surface area (Å²) in [5, 5.41) is 6.03. The molecule has 4 heteroatoms. The predicted octanol–water partition coefficient (Wildman–Crippen LogP) is 3.08. The van der Waals surface area contributed by atoms with Crippen LogP contribution in [0.2, 0.25) is 0 Å². The number of hydrogen-bond acceptors (Lipinski definition) is 3. The van der Waals surface area contributed by atoms with Crippen molar-refractivity contribution in [2.75, 3.05) is 23.8 Å². The molecule has 0 bridgehead atoms. The number of rotatable bonds is 5. The van der Waals surface area contributed by atoms with Crippen LogP contribution in [0.4, 0.5) is 16.2 Å². The van der Waals surface area contributed by atoms with Gasteiger partial charge in [-0.3, -0.25) is 5.32 Å². The number of nitrogens with one attached hydrogen (secondary N) is 2. The number of ether oxygens (including phenoxy) is 1. The lowest BCUT2D eigenvalue weighted by Crippen LogP contribution is -2.13. The van der Waals surface area contributed by atoms with Crippen LogP contribution < -0.4 is 10.6 Å². The SMILES string of the molecule is CCOC(=O)Nc1ccc(NCC2CC2)cc1. The van der Waals surface area contributed by atoms with E-state index in [-0.39, 0.29) is 0 Å². The molecule has 4 nitrogen and oxygen atoms in total. The van der Waals surface area contributed by atoms with Crippen LogP contribution in [-0.4, -0.2) is 19.2 Å². The van der Waals surface area contributed by atoms with Crippen LogP contribution in [0, 0.1) is 5.92 Å². The third-order valence-corrected chi connectivity index (χ3v) is 2.70. The Morgan fingerprint density at radius 1 is 1.29 bits per heavy atom. The van der Waals surface area contributed by atoms with Gasteiger partial charge in [0, 0.05) is 17.9 Å². The van der Waals surface area contributed by atoms with Crippen molar-refractivity contribution in [2.24, 2.45) is 5.92 Å². The average molecular weight is 234 g/mol. The van der Waals surface area contributed by atoms with E-state index >= 15 is 0 Å². The first-order valence-electron chi connectivity index (χ1n) is 6.05. The Morgan fingerprint density at radius 3 is 2.53 bits per heavy atom. The van der Waals surface area contributed by atoms with E-state index in [0.717, 1.165) is 23.8 Å². The van der Waals surface area contributed by atoms with Gasteiger partial charge < -0.3 is 10.1 Å². The highest BCUT2D eigenvalue weighted by molar-refractivity contribution is 5.84. The van der Waals surface area contributed by atoms with Gasteiger partial charge in [0.05, 0.1) is 6.61 Å². The van der Waals surface area contributed by atoms with Gasteiger partial charge in [-0.15, -0.1) is 0 Å². The van der Waals surface area contributed by atoms with E-state index in [1.165, 1.54) is 12.8 Å². The number of carbonyl (C=O) groups excluding carboxylic acids is 1. The molecule has 17 heavy (non-hydrogen) atoms. The highest BCUT2D eigenvalue weighted by atomic mass is 16.5. The van der Waals surface area contributed by atoms with Gasteiger partial charge >= 0.3 is 6.09 Å². The third kappa shape index (κ3) is 3.98. The quantitative estimate of drug-likeness (QED) is 0.823. The molecule has 2 rings (SSSR count). The molecule has 1 aromatic carbocycles. The summed E-state index contributed by atoms with van der Waals surface area (Å²) in [4.78, 5) is 11.2. The maximum absolute atomic E-state index is 11.2. The van der Waals surface area contributed by atoms with Crippen LogP contribution in [0.15, 0.2) is 24.3 Å². The molecule has 92 valence electrons. The summed E-state index contributed by atoms with van der Waals surface area (Å²) in [6.45, 7) is 3.21. The molecule has 1 aromatic rings. The van der Waals surface area contributed by atoms with Crippen molar-refractivity contribution in [3.05, 3.63) is 24.3 Å². The van der Waals surface area contributed by atoms with Crippen LogP contribution in [-0.2, 0) is 4.74 Å². The summed E-state index contributed by atoms with van der Waals surface area (Å²) >= 11 is 0. The Labute approximate surface area is 101 Å². The summed E-state index contributed by atoms with van der Waals surface area (Å²) in [7, 11) is 0. The molecule has 0 radical (unpaired) electrons. The van der Waals surface area contributed by atoms with Crippen LogP contribution in [0.5, 0.6) is 0 Å². The van der Waals surface area contributed by atoms with Crippen molar-refractivity contribution in [3.63, 3.8) is 0 Å². The second-order valence-electron chi connectivity index (χ2n) is 4.25. The molecule has 1 fully saturated rings. The van der Waals surface area contributed by atoms with Crippen molar-refractivity contribution in [1.82, 2.24) is 0 Å². The maximum Gasteiger partial charge on any atom is 0.411 e. The van der Waals surface area contributed by atoms with E-state index in [2.05, 4.69) is 10.6 Å². The Kier molecular flexibility index (Phi) is 3.85. The van der Waals surface area contributed by atoms with E-state index in [4.69, 9.17) is 4.74 Å². The largest absolute Gasteiger partial charge is 0.450 e. The minimum absolute atomic E-state index is 0.382. The summed E-state index contributed by atoms with van der Waals surface area (Å²) in [6.07, 6.45) is 2.27. The first kappa shape index (κ1) is 11.8. The molecule has 0 unspecified atom stereocenters. The molecule has 1 amide bonds. The average Bonchev–Trinajstić information content (AvgIpc) is 3.12. The molecule has 0 saturated heterocycles. The van der Waals surface area contributed by atoms with Crippen LogP contribution >= 0.6 is 0 Å². The van der Waals surface area contributed by atoms with Crippen molar-refractivity contribution in [1.29, 1.82) is 0 Å². The van der Waals surface area contributed by atoms with Crippen molar-refractivity contribution < 1.29 is 9.53 Å².